The smallest absolute Gasteiger partial charge is 0.148 e. The van der Waals surface area contributed by atoms with Crippen LogP contribution in [0.25, 0.3) is 0 Å². The number of hydrogen-bond acceptors (Lipinski definition) is 3. The van der Waals surface area contributed by atoms with Crippen LogP contribution < -0.4 is 10.1 Å². The number of hydrogen-bond donors (Lipinski definition) is 1. The molecular weight excluding hydrogens is 267 g/mol. The van der Waals surface area contributed by atoms with Crippen molar-refractivity contribution in [2.45, 2.75) is 39.8 Å². The van der Waals surface area contributed by atoms with Gasteiger partial charge >= 0.3 is 0 Å². The zero-order chi connectivity index (χ0) is 15.5. The number of pyridine rings is 1. The number of ether oxygens (including phenoxy) is 1. The minimum absolute atomic E-state index is 0.0478. The Kier molecular flexibility index (Phi) is 4.58. The highest BCUT2D eigenvalue weighted by molar-refractivity contribution is 5.39. The highest BCUT2D eigenvalue weighted by atomic mass is 19.1. The lowest BCUT2D eigenvalue weighted by Crippen LogP contribution is -2.35. The molecule has 4 heteroatoms. The average molecular weight is 288 g/mol. The van der Waals surface area contributed by atoms with Crippen LogP contribution in [0.3, 0.4) is 0 Å². The van der Waals surface area contributed by atoms with Crippen molar-refractivity contribution in [1.82, 2.24) is 10.3 Å². The maximum Gasteiger partial charge on any atom is 0.148 e. The molecule has 21 heavy (non-hydrogen) atoms. The van der Waals surface area contributed by atoms with Crippen molar-refractivity contribution in [3.05, 3.63) is 53.6 Å². The minimum Gasteiger partial charge on any atom is -0.455 e. The zero-order valence-electron chi connectivity index (χ0n) is 12.9. The van der Waals surface area contributed by atoms with E-state index >= 15 is 0 Å². The predicted octanol–water partition coefficient (Wildman–Crippen LogP) is 4.21. The second kappa shape index (κ2) is 6.22. The summed E-state index contributed by atoms with van der Waals surface area (Å²) in [4.78, 5) is 4.19. The molecule has 0 unspecified atom stereocenters. The molecule has 1 aromatic heterocycles. The highest BCUT2D eigenvalue weighted by Crippen LogP contribution is 2.27. The van der Waals surface area contributed by atoms with Crippen LogP contribution in [0.5, 0.6) is 11.5 Å². The average Bonchev–Trinajstić information content (AvgIpc) is 2.40. The fourth-order valence-electron chi connectivity index (χ4n) is 1.84. The number of halogens is 1. The number of nitrogens with one attached hydrogen (secondary N) is 1. The van der Waals surface area contributed by atoms with E-state index in [0.717, 1.165) is 11.3 Å². The van der Waals surface area contributed by atoms with Crippen molar-refractivity contribution >= 4 is 0 Å². The summed E-state index contributed by atoms with van der Waals surface area (Å²) in [5.74, 6) is 1.06. The van der Waals surface area contributed by atoms with Gasteiger partial charge in [0.25, 0.3) is 0 Å². The van der Waals surface area contributed by atoms with Gasteiger partial charge in [-0.25, -0.2) is 4.39 Å². The first-order chi connectivity index (χ1) is 9.85. The van der Waals surface area contributed by atoms with Gasteiger partial charge in [0, 0.05) is 23.8 Å². The van der Waals surface area contributed by atoms with Crippen LogP contribution in [0.1, 0.15) is 32.0 Å². The van der Waals surface area contributed by atoms with E-state index < -0.39 is 0 Å². The summed E-state index contributed by atoms with van der Waals surface area (Å²) in [6.07, 6.45) is 1.72. The van der Waals surface area contributed by atoms with Gasteiger partial charge in [0.05, 0.1) is 5.69 Å². The summed E-state index contributed by atoms with van der Waals surface area (Å²) < 4.78 is 19.4. The Morgan fingerprint density at radius 2 is 1.95 bits per heavy atom. The molecule has 0 amide bonds. The van der Waals surface area contributed by atoms with Gasteiger partial charge in [-0.1, -0.05) is 0 Å². The number of nitrogens with zero attached hydrogens (tertiary/aromatic N) is 1. The van der Waals surface area contributed by atoms with Gasteiger partial charge in [0.15, 0.2) is 0 Å². The van der Waals surface area contributed by atoms with E-state index in [0.29, 0.717) is 18.0 Å². The summed E-state index contributed by atoms with van der Waals surface area (Å²) in [5.41, 5.74) is 1.54. The molecule has 3 nitrogen and oxygen atoms in total. The van der Waals surface area contributed by atoms with Crippen LogP contribution in [0.4, 0.5) is 4.39 Å². The van der Waals surface area contributed by atoms with Crippen LogP contribution in [0.2, 0.25) is 0 Å². The van der Waals surface area contributed by atoms with Crippen molar-refractivity contribution < 1.29 is 9.13 Å². The molecular formula is C17H21FN2O. The number of benzene rings is 1. The minimum atomic E-state index is -0.268. The molecule has 0 atom stereocenters. The van der Waals surface area contributed by atoms with Crippen LogP contribution in [0.15, 0.2) is 36.5 Å². The molecule has 0 aliphatic rings. The third kappa shape index (κ3) is 4.53. The first-order valence-electron chi connectivity index (χ1n) is 6.98. The van der Waals surface area contributed by atoms with Crippen LogP contribution >= 0.6 is 0 Å². The summed E-state index contributed by atoms with van der Waals surface area (Å²) >= 11 is 0. The molecule has 0 bridgehead atoms. The predicted molar refractivity (Wildman–Crippen MR) is 82.0 cm³/mol. The Hall–Kier alpha value is -1.94. The largest absolute Gasteiger partial charge is 0.455 e. The maximum atomic E-state index is 13.5. The molecule has 0 aliphatic heterocycles. The summed E-state index contributed by atoms with van der Waals surface area (Å²) in [6, 6.07) is 8.23. The fourth-order valence-corrected chi connectivity index (χ4v) is 1.84. The molecule has 0 fully saturated rings. The quantitative estimate of drug-likeness (QED) is 0.915. The summed E-state index contributed by atoms with van der Waals surface area (Å²) in [5, 5.41) is 3.34. The molecule has 1 aromatic carbocycles. The topological polar surface area (TPSA) is 34.1 Å². The monoisotopic (exact) mass is 288 g/mol. The highest BCUT2D eigenvalue weighted by Gasteiger charge is 2.13. The molecule has 0 radical (unpaired) electrons. The van der Waals surface area contributed by atoms with E-state index in [1.807, 2.05) is 19.1 Å². The van der Waals surface area contributed by atoms with Gasteiger partial charge in [0.1, 0.15) is 17.3 Å². The van der Waals surface area contributed by atoms with Crippen molar-refractivity contribution in [1.29, 1.82) is 0 Å². The molecule has 0 saturated heterocycles. The van der Waals surface area contributed by atoms with Crippen LogP contribution in [-0.2, 0) is 6.54 Å². The fraction of sp³-hybridized carbons (Fsp3) is 0.353. The molecule has 2 rings (SSSR count). The lowest BCUT2D eigenvalue weighted by Gasteiger charge is -2.21. The van der Waals surface area contributed by atoms with Crippen molar-refractivity contribution in [3.63, 3.8) is 0 Å². The Bertz CT molecular complexity index is 620. The van der Waals surface area contributed by atoms with Gasteiger partial charge < -0.3 is 10.1 Å². The molecule has 1 heterocycles. The first kappa shape index (κ1) is 15.4. The second-order valence-electron chi connectivity index (χ2n) is 6.04. The van der Waals surface area contributed by atoms with Crippen molar-refractivity contribution in [2.24, 2.45) is 0 Å². The second-order valence-corrected chi connectivity index (χ2v) is 6.04. The van der Waals surface area contributed by atoms with Crippen molar-refractivity contribution in [2.75, 3.05) is 0 Å². The third-order valence-electron chi connectivity index (χ3n) is 3.01. The van der Waals surface area contributed by atoms with E-state index in [2.05, 4.69) is 31.1 Å². The van der Waals surface area contributed by atoms with Gasteiger partial charge in [-0.3, -0.25) is 4.98 Å². The summed E-state index contributed by atoms with van der Waals surface area (Å²) in [6.45, 7) is 8.62. The Morgan fingerprint density at radius 3 is 2.62 bits per heavy atom. The van der Waals surface area contributed by atoms with Gasteiger partial charge in [-0.05, 0) is 58.0 Å². The maximum absolute atomic E-state index is 13.5. The van der Waals surface area contributed by atoms with Crippen LogP contribution in [0, 0.1) is 12.7 Å². The normalized spacial score (nSPS) is 11.5. The molecule has 0 saturated carbocycles. The van der Waals surface area contributed by atoms with E-state index in [1.165, 1.54) is 12.1 Å². The lowest BCUT2D eigenvalue weighted by atomic mass is 10.1. The number of aryl methyl sites for hydroxylation is 1. The van der Waals surface area contributed by atoms with Crippen molar-refractivity contribution in [3.8, 4) is 11.5 Å². The third-order valence-corrected chi connectivity index (χ3v) is 3.01. The Labute approximate surface area is 125 Å². The van der Waals surface area contributed by atoms with E-state index in [1.54, 1.807) is 12.3 Å². The van der Waals surface area contributed by atoms with Gasteiger partial charge in [-0.2, -0.15) is 0 Å². The number of rotatable bonds is 4. The summed E-state index contributed by atoms with van der Waals surface area (Å²) in [7, 11) is 0. The number of aromatic nitrogens is 1. The molecule has 2 aromatic rings. The van der Waals surface area contributed by atoms with Crippen LogP contribution in [-0.4, -0.2) is 10.5 Å². The Balaban J connectivity index is 2.25. The molecule has 0 aliphatic carbocycles. The molecule has 1 N–H and O–H groups in total. The van der Waals surface area contributed by atoms with Gasteiger partial charge in [-0.15, -0.1) is 0 Å². The van der Waals surface area contributed by atoms with E-state index in [-0.39, 0.29) is 11.4 Å². The van der Waals surface area contributed by atoms with E-state index in [9.17, 15) is 4.39 Å². The zero-order valence-corrected chi connectivity index (χ0v) is 12.9. The molecule has 0 spiro atoms. The molecule has 112 valence electrons. The lowest BCUT2D eigenvalue weighted by molar-refractivity contribution is 0.412. The van der Waals surface area contributed by atoms with Gasteiger partial charge in [0.2, 0.25) is 0 Å². The standard InChI is InChI=1S/C17H21FN2O/c1-12-15(6-5-9-19-12)21-16-8-7-14(18)10-13(16)11-20-17(2,3)4/h5-10,20H,11H2,1-4H3. The van der Waals surface area contributed by atoms with E-state index in [4.69, 9.17) is 4.74 Å². The Morgan fingerprint density at radius 1 is 1.19 bits per heavy atom. The first-order valence-corrected chi connectivity index (χ1v) is 6.98. The SMILES string of the molecule is Cc1ncccc1Oc1ccc(F)cc1CNC(C)(C)C.